The standard InChI is InChI=1S/C17H32N4O3.C2H6/c1-4-5-6-9-19-15(22)11-14-17(24)20-13(16(23)21-14)8-7-10-18-12(2)3;1-2/h12-14,18H,4-11H2,1-3H3,(H,19,22)(H,20,24)(H,21,23);1-2H3. The van der Waals surface area contributed by atoms with Crippen molar-refractivity contribution in [2.24, 2.45) is 0 Å². The van der Waals surface area contributed by atoms with Crippen molar-refractivity contribution in [2.75, 3.05) is 13.1 Å². The van der Waals surface area contributed by atoms with Crippen LogP contribution in [0.4, 0.5) is 0 Å². The van der Waals surface area contributed by atoms with Crippen LogP contribution in [0.3, 0.4) is 0 Å². The molecule has 4 N–H and O–H groups in total. The second kappa shape index (κ2) is 14.5. The molecule has 2 unspecified atom stereocenters. The highest BCUT2D eigenvalue weighted by molar-refractivity contribution is 5.99. The third-order valence-corrected chi connectivity index (χ3v) is 3.98. The number of unbranched alkanes of at least 4 members (excludes halogenated alkanes) is 2. The maximum absolute atomic E-state index is 12.1. The van der Waals surface area contributed by atoms with Gasteiger partial charge in [-0.1, -0.05) is 47.5 Å². The average molecular weight is 371 g/mol. The van der Waals surface area contributed by atoms with Gasteiger partial charge < -0.3 is 21.3 Å². The summed E-state index contributed by atoms with van der Waals surface area (Å²) in [7, 11) is 0. The summed E-state index contributed by atoms with van der Waals surface area (Å²) in [5.74, 6) is -0.686. The molecule has 2 atom stereocenters. The minimum absolute atomic E-state index is 0.00861. The highest BCUT2D eigenvalue weighted by atomic mass is 16.2. The summed E-state index contributed by atoms with van der Waals surface area (Å²) in [6.45, 7) is 11.6. The fraction of sp³-hybridized carbons (Fsp3) is 0.842. The molecule has 0 saturated carbocycles. The summed E-state index contributed by atoms with van der Waals surface area (Å²) in [4.78, 5) is 36.0. The molecule has 1 rings (SSSR count). The van der Waals surface area contributed by atoms with Crippen molar-refractivity contribution in [3.8, 4) is 0 Å². The van der Waals surface area contributed by atoms with Crippen LogP contribution in [0.2, 0.25) is 0 Å². The Bertz CT molecular complexity index is 427. The van der Waals surface area contributed by atoms with Gasteiger partial charge in [0.2, 0.25) is 17.7 Å². The van der Waals surface area contributed by atoms with E-state index in [2.05, 4.69) is 42.0 Å². The molecule has 3 amide bonds. The van der Waals surface area contributed by atoms with Gasteiger partial charge in [0.25, 0.3) is 0 Å². The third-order valence-electron chi connectivity index (χ3n) is 3.98. The second-order valence-electron chi connectivity index (χ2n) is 6.63. The van der Waals surface area contributed by atoms with E-state index in [9.17, 15) is 14.4 Å². The lowest BCUT2D eigenvalue weighted by molar-refractivity contribution is -0.138. The molecule has 0 aromatic rings. The molecule has 7 nitrogen and oxygen atoms in total. The summed E-state index contributed by atoms with van der Waals surface area (Å²) in [5, 5.41) is 11.5. The number of piperazine rings is 1. The van der Waals surface area contributed by atoms with Crippen molar-refractivity contribution in [2.45, 2.75) is 91.3 Å². The first-order valence-electron chi connectivity index (χ1n) is 10.0. The number of hydrogen-bond acceptors (Lipinski definition) is 4. The molecular formula is C19H38N4O3. The number of hydrogen-bond donors (Lipinski definition) is 4. The predicted octanol–water partition coefficient (Wildman–Crippen LogP) is 1.47. The molecule has 0 aliphatic carbocycles. The molecular weight excluding hydrogens is 332 g/mol. The van der Waals surface area contributed by atoms with Gasteiger partial charge in [-0.3, -0.25) is 14.4 Å². The minimum atomic E-state index is -0.770. The zero-order chi connectivity index (χ0) is 19.9. The van der Waals surface area contributed by atoms with E-state index in [0.717, 1.165) is 32.2 Å². The molecule has 1 aliphatic rings. The van der Waals surface area contributed by atoms with Gasteiger partial charge in [-0.15, -0.1) is 0 Å². The predicted molar refractivity (Wildman–Crippen MR) is 105 cm³/mol. The van der Waals surface area contributed by atoms with E-state index in [1.54, 1.807) is 0 Å². The Morgan fingerprint density at radius 1 is 1.00 bits per heavy atom. The molecule has 0 aromatic carbocycles. The Labute approximate surface area is 158 Å². The Balaban J connectivity index is 0.00000301. The van der Waals surface area contributed by atoms with Crippen LogP contribution in [0.5, 0.6) is 0 Å². The molecule has 0 radical (unpaired) electrons. The van der Waals surface area contributed by atoms with Crippen LogP contribution >= 0.6 is 0 Å². The minimum Gasteiger partial charge on any atom is -0.356 e. The smallest absolute Gasteiger partial charge is 0.243 e. The Morgan fingerprint density at radius 2 is 1.62 bits per heavy atom. The summed E-state index contributed by atoms with van der Waals surface area (Å²) < 4.78 is 0. The fourth-order valence-corrected chi connectivity index (χ4v) is 2.58. The molecule has 1 saturated heterocycles. The average Bonchev–Trinajstić information content (AvgIpc) is 2.61. The van der Waals surface area contributed by atoms with E-state index in [4.69, 9.17) is 0 Å². The summed E-state index contributed by atoms with van der Waals surface area (Å²) in [5.41, 5.74) is 0. The number of rotatable bonds is 11. The molecule has 1 fully saturated rings. The molecule has 152 valence electrons. The van der Waals surface area contributed by atoms with Gasteiger partial charge in [-0.25, -0.2) is 0 Å². The first-order valence-corrected chi connectivity index (χ1v) is 10.0. The van der Waals surface area contributed by atoms with Gasteiger partial charge in [0.05, 0.1) is 6.42 Å². The Hall–Kier alpha value is -1.63. The highest BCUT2D eigenvalue weighted by Gasteiger charge is 2.34. The first-order chi connectivity index (χ1) is 12.4. The third kappa shape index (κ3) is 10.4. The van der Waals surface area contributed by atoms with E-state index in [1.165, 1.54) is 0 Å². The highest BCUT2D eigenvalue weighted by Crippen LogP contribution is 2.06. The lowest BCUT2D eigenvalue weighted by Crippen LogP contribution is -2.62. The van der Waals surface area contributed by atoms with E-state index >= 15 is 0 Å². The lowest BCUT2D eigenvalue weighted by Gasteiger charge is -2.29. The first kappa shape index (κ1) is 24.4. The van der Waals surface area contributed by atoms with E-state index in [-0.39, 0.29) is 24.1 Å². The maximum Gasteiger partial charge on any atom is 0.243 e. The lowest BCUT2D eigenvalue weighted by atomic mass is 10.0. The number of carbonyl (C=O) groups excluding carboxylic acids is 3. The Morgan fingerprint density at radius 3 is 2.23 bits per heavy atom. The van der Waals surface area contributed by atoms with Crippen LogP contribution in [0.25, 0.3) is 0 Å². The van der Waals surface area contributed by atoms with Crippen LogP contribution in [0, 0.1) is 0 Å². The largest absolute Gasteiger partial charge is 0.356 e. The van der Waals surface area contributed by atoms with Gasteiger partial charge in [-0.2, -0.15) is 0 Å². The van der Waals surface area contributed by atoms with Crippen LogP contribution in [0.1, 0.15) is 73.1 Å². The monoisotopic (exact) mass is 370 g/mol. The topological polar surface area (TPSA) is 99.3 Å². The number of nitrogens with one attached hydrogen (secondary N) is 4. The second-order valence-corrected chi connectivity index (χ2v) is 6.63. The summed E-state index contributed by atoms with van der Waals surface area (Å²) in [6.07, 6.45) is 4.47. The van der Waals surface area contributed by atoms with Crippen molar-refractivity contribution in [3.63, 3.8) is 0 Å². The summed E-state index contributed by atoms with van der Waals surface area (Å²) >= 11 is 0. The summed E-state index contributed by atoms with van der Waals surface area (Å²) in [6, 6.07) is -0.871. The molecule has 0 bridgehead atoms. The molecule has 7 heteroatoms. The van der Waals surface area contributed by atoms with Crippen LogP contribution in [-0.2, 0) is 14.4 Å². The normalized spacial score (nSPS) is 19.3. The molecule has 0 aromatic heterocycles. The van der Waals surface area contributed by atoms with Crippen molar-refractivity contribution >= 4 is 17.7 Å². The molecule has 1 aliphatic heterocycles. The number of amides is 3. The van der Waals surface area contributed by atoms with Gasteiger partial charge in [0, 0.05) is 12.6 Å². The van der Waals surface area contributed by atoms with Gasteiger partial charge >= 0.3 is 0 Å². The molecule has 26 heavy (non-hydrogen) atoms. The SMILES string of the molecule is CC.CCCCCNC(=O)CC1NC(=O)C(CCCNC(C)C)NC1=O. The quantitative estimate of drug-likeness (QED) is 0.414. The maximum atomic E-state index is 12.1. The Kier molecular flexibility index (Phi) is 13.6. The van der Waals surface area contributed by atoms with E-state index < -0.39 is 12.1 Å². The zero-order valence-electron chi connectivity index (χ0n) is 17.1. The van der Waals surface area contributed by atoms with Gasteiger partial charge in [0.1, 0.15) is 12.1 Å². The number of carbonyl (C=O) groups is 3. The van der Waals surface area contributed by atoms with E-state index in [0.29, 0.717) is 19.0 Å². The zero-order valence-corrected chi connectivity index (χ0v) is 17.1. The van der Waals surface area contributed by atoms with Gasteiger partial charge in [-0.05, 0) is 25.8 Å². The van der Waals surface area contributed by atoms with Crippen molar-refractivity contribution in [1.82, 2.24) is 21.3 Å². The van der Waals surface area contributed by atoms with Crippen LogP contribution in [0.15, 0.2) is 0 Å². The molecule has 0 spiro atoms. The molecule has 1 heterocycles. The fourth-order valence-electron chi connectivity index (χ4n) is 2.58. The van der Waals surface area contributed by atoms with Gasteiger partial charge in [0.15, 0.2) is 0 Å². The van der Waals surface area contributed by atoms with E-state index in [1.807, 2.05) is 13.8 Å². The van der Waals surface area contributed by atoms with Crippen molar-refractivity contribution in [3.05, 3.63) is 0 Å². The van der Waals surface area contributed by atoms with Crippen LogP contribution < -0.4 is 21.3 Å². The van der Waals surface area contributed by atoms with Crippen molar-refractivity contribution < 1.29 is 14.4 Å². The van der Waals surface area contributed by atoms with Crippen molar-refractivity contribution in [1.29, 1.82) is 0 Å². The van der Waals surface area contributed by atoms with Crippen LogP contribution in [-0.4, -0.2) is 48.9 Å².